The Morgan fingerprint density at radius 2 is 2.15 bits per heavy atom. The van der Waals surface area contributed by atoms with Gasteiger partial charge >= 0.3 is 11.7 Å². The Morgan fingerprint density at radius 3 is 2.75 bits per heavy atom. The van der Waals surface area contributed by atoms with Gasteiger partial charge in [-0.15, -0.1) is 11.3 Å². The average molecular weight is 297 g/mol. The summed E-state index contributed by atoms with van der Waals surface area (Å²) in [5.41, 5.74) is -0.472. The van der Waals surface area contributed by atoms with Gasteiger partial charge in [0.1, 0.15) is 17.3 Å². The molecule has 0 atom stereocenters. The maximum absolute atomic E-state index is 12.9. The van der Waals surface area contributed by atoms with Crippen LogP contribution < -0.4 is 4.74 Å². The molecule has 0 aliphatic heterocycles. The van der Waals surface area contributed by atoms with Crippen molar-refractivity contribution in [2.45, 2.75) is 6.61 Å². The molecular weight excluding hydrogens is 289 g/mol. The van der Waals surface area contributed by atoms with Crippen molar-refractivity contribution in [1.29, 1.82) is 0 Å². The number of nitro benzene ring substituents is 1. The van der Waals surface area contributed by atoms with Gasteiger partial charge in [0.05, 0.1) is 11.0 Å². The highest BCUT2D eigenvalue weighted by atomic mass is 32.1. The van der Waals surface area contributed by atoms with E-state index in [-0.39, 0.29) is 17.2 Å². The molecule has 2 rings (SSSR count). The highest BCUT2D eigenvalue weighted by Crippen LogP contribution is 2.29. The van der Waals surface area contributed by atoms with Crippen LogP contribution in [0.15, 0.2) is 30.3 Å². The third-order valence-electron chi connectivity index (χ3n) is 2.36. The summed E-state index contributed by atoms with van der Waals surface area (Å²) in [4.78, 5) is 21.5. The van der Waals surface area contributed by atoms with Crippen LogP contribution in [-0.4, -0.2) is 16.0 Å². The number of thiophene rings is 1. The lowest BCUT2D eigenvalue weighted by Gasteiger charge is -2.05. The number of carbonyl (C=O) groups is 1. The molecule has 0 fully saturated rings. The normalized spacial score (nSPS) is 10.2. The minimum absolute atomic E-state index is 0.0234. The fourth-order valence-corrected chi connectivity index (χ4v) is 2.23. The Balaban J connectivity index is 2.14. The predicted octanol–water partition coefficient (Wildman–Crippen LogP) is 3.07. The number of carboxylic acid groups (broad SMARTS) is 1. The van der Waals surface area contributed by atoms with Crippen LogP contribution >= 0.6 is 11.3 Å². The monoisotopic (exact) mass is 297 g/mol. The van der Waals surface area contributed by atoms with Gasteiger partial charge in [-0.05, 0) is 24.3 Å². The Labute approximate surface area is 116 Å². The van der Waals surface area contributed by atoms with Crippen molar-refractivity contribution < 1.29 is 24.0 Å². The number of nitrogens with zero attached hydrogens (tertiary/aromatic N) is 1. The molecule has 104 valence electrons. The van der Waals surface area contributed by atoms with Crippen LogP contribution in [0.25, 0.3) is 0 Å². The summed E-state index contributed by atoms with van der Waals surface area (Å²) in [6.45, 7) is -0.0234. The smallest absolute Gasteiger partial charge is 0.345 e. The third-order valence-corrected chi connectivity index (χ3v) is 3.41. The molecule has 1 N–H and O–H groups in total. The molecule has 1 heterocycles. The fourth-order valence-electron chi connectivity index (χ4n) is 1.47. The molecular formula is C12H8FNO5S. The molecule has 1 aromatic carbocycles. The zero-order valence-corrected chi connectivity index (χ0v) is 10.7. The van der Waals surface area contributed by atoms with Crippen LogP contribution in [0.1, 0.15) is 14.5 Å². The Kier molecular flexibility index (Phi) is 3.94. The lowest BCUT2D eigenvalue weighted by molar-refractivity contribution is -0.386. The van der Waals surface area contributed by atoms with Crippen LogP contribution in [0.5, 0.6) is 5.75 Å². The maximum Gasteiger partial charge on any atom is 0.345 e. The molecule has 0 aliphatic rings. The molecule has 2 aromatic rings. The summed E-state index contributed by atoms with van der Waals surface area (Å²) >= 11 is 1.01. The van der Waals surface area contributed by atoms with Gasteiger partial charge in [0.2, 0.25) is 0 Å². The summed E-state index contributed by atoms with van der Waals surface area (Å²) < 4.78 is 18.2. The number of ether oxygens (including phenoxy) is 1. The summed E-state index contributed by atoms with van der Waals surface area (Å²) in [5, 5.41) is 19.5. The van der Waals surface area contributed by atoms with Gasteiger partial charge in [0.25, 0.3) is 0 Å². The number of nitro groups is 1. The van der Waals surface area contributed by atoms with E-state index in [1.165, 1.54) is 12.1 Å². The van der Waals surface area contributed by atoms with Crippen molar-refractivity contribution in [1.82, 2.24) is 0 Å². The Morgan fingerprint density at radius 1 is 1.40 bits per heavy atom. The van der Waals surface area contributed by atoms with E-state index in [9.17, 15) is 19.3 Å². The molecule has 20 heavy (non-hydrogen) atoms. The van der Waals surface area contributed by atoms with Crippen LogP contribution in [0.2, 0.25) is 0 Å². The first-order valence-corrected chi connectivity index (χ1v) is 6.18. The largest absolute Gasteiger partial charge is 0.481 e. The lowest BCUT2D eigenvalue weighted by atomic mass is 10.3. The van der Waals surface area contributed by atoms with E-state index >= 15 is 0 Å². The number of aromatic carboxylic acids is 1. The van der Waals surface area contributed by atoms with E-state index in [4.69, 9.17) is 9.84 Å². The molecule has 0 aliphatic carbocycles. The number of hydrogen-bond acceptors (Lipinski definition) is 5. The maximum atomic E-state index is 12.9. The van der Waals surface area contributed by atoms with Gasteiger partial charge in [-0.2, -0.15) is 0 Å². The van der Waals surface area contributed by atoms with E-state index in [1.54, 1.807) is 6.07 Å². The summed E-state index contributed by atoms with van der Waals surface area (Å²) in [7, 11) is 0. The lowest BCUT2D eigenvalue weighted by Crippen LogP contribution is -1.98. The van der Waals surface area contributed by atoms with E-state index in [2.05, 4.69) is 0 Å². The minimum atomic E-state index is -1.05. The molecule has 1 aromatic heterocycles. The second kappa shape index (κ2) is 5.66. The number of hydrogen-bond donors (Lipinski definition) is 1. The number of rotatable bonds is 5. The number of halogens is 1. The standard InChI is InChI=1S/C12H8FNO5S/c13-7-1-3-10(9(5-7)14(17)18)19-6-8-2-4-11(20-8)12(15)16/h1-5H,6H2,(H,15,16). The van der Waals surface area contributed by atoms with E-state index in [0.717, 1.165) is 23.5 Å². The van der Waals surface area contributed by atoms with Gasteiger partial charge in [-0.1, -0.05) is 0 Å². The zero-order valence-electron chi connectivity index (χ0n) is 9.91. The minimum Gasteiger partial charge on any atom is -0.481 e. The molecule has 0 radical (unpaired) electrons. The van der Waals surface area contributed by atoms with Crippen molar-refractivity contribution in [3.05, 3.63) is 56.0 Å². The first-order chi connectivity index (χ1) is 9.47. The van der Waals surface area contributed by atoms with Crippen LogP contribution in [-0.2, 0) is 6.61 Å². The third kappa shape index (κ3) is 3.09. The molecule has 0 unspecified atom stereocenters. The summed E-state index contributed by atoms with van der Waals surface area (Å²) in [6.07, 6.45) is 0. The van der Waals surface area contributed by atoms with Gasteiger partial charge in [0.15, 0.2) is 5.75 Å². The van der Waals surface area contributed by atoms with Gasteiger partial charge < -0.3 is 9.84 Å². The van der Waals surface area contributed by atoms with Crippen molar-refractivity contribution in [3.63, 3.8) is 0 Å². The first kappa shape index (κ1) is 13.9. The first-order valence-electron chi connectivity index (χ1n) is 5.36. The topological polar surface area (TPSA) is 89.7 Å². The molecule has 0 spiro atoms. The van der Waals surface area contributed by atoms with Crippen LogP contribution in [0.4, 0.5) is 10.1 Å². The molecule has 0 saturated heterocycles. The Hall–Kier alpha value is -2.48. The molecule has 0 bridgehead atoms. The molecule has 0 amide bonds. The van der Waals surface area contributed by atoms with Crippen molar-refractivity contribution in [2.75, 3.05) is 0 Å². The summed E-state index contributed by atoms with van der Waals surface area (Å²) in [5.74, 6) is -1.84. The van der Waals surface area contributed by atoms with Crippen molar-refractivity contribution >= 4 is 23.0 Å². The molecule has 0 saturated carbocycles. The SMILES string of the molecule is O=C(O)c1ccc(COc2ccc(F)cc2[N+](=O)[O-])s1. The van der Waals surface area contributed by atoms with Crippen LogP contribution in [0, 0.1) is 15.9 Å². The second-order valence-electron chi connectivity index (χ2n) is 3.73. The van der Waals surface area contributed by atoms with Crippen molar-refractivity contribution in [3.8, 4) is 5.75 Å². The number of benzene rings is 1. The number of carboxylic acids is 1. The average Bonchev–Trinajstić information content (AvgIpc) is 2.86. The quantitative estimate of drug-likeness (QED) is 0.676. The van der Waals surface area contributed by atoms with Crippen LogP contribution in [0.3, 0.4) is 0 Å². The van der Waals surface area contributed by atoms with Gasteiger partial charge in [-0.25, -0.2) is 9.18 Å². The van der Waals surface area contributed by atoms with Crippen molar-refractivity contribution in [2.24, 2.45) is 0 Å². The van der Waals surface area contributed by atoms with E-state index < -0.39 is 22.4 Å². The molecule has 8 heteroatoms. The predicted molar refractivity (Wildman–Crippen MR) is 68.7 cm³/mol. The van der Waals surface area contributed by atoms with Gasteiger partial charge in [-0.3, -0.25) is 10.1 Å². The van der Waals surface area contributed by atoms with Gasteiger partial charge in [0, 0.05) is 4.88 Å². The second-order valence-corrected chi connectivity index (χ2v) is 4.90. The zero-order chi connectivity index (χ0) is 14.7. The van der Waals surface area contributed by atoms with E-state index in [0.29, 0.717) is 4.88 Å². The Bertz CT molecular complexity index is 670. The van der Waals surface area contributed by atoms with E-state index in [1.807, 2.05) is 0 Å². The molecule has 6 nitrogen and oxygen atoms in total. The summed E-state index contributed by atoms with van der Waals surface area (Å²) in [6, 6.07) is 5.97. The fraction of sp³-hybridized carbons (Fsp3) is 0.0833. The highest BCUT2D eigenvalue weighted by molar-refractivity contribution is 7.13. The highest BCUT2D eigenvalue weighted by Gasteiger charge is 2.17.